The standard InChI is InChI=1S/C14H14F2N2O/c1-2-4-10(9-17)18-14(19)8-7-11-12(15)5-3-6-13(11)16/h3,5-8,10H,2,4H2,1H3,(H,18,19)/b8-7+. The molecule has 0 spiro atoms. The number of benzene rings is 1. The summed E-state index contributed by atoms with van der Waals surface area (Å²) in [6.07, 6.45) is 3.36. The maximum Gasteiger partial charge on any atom is 0.245 e. The monoisotopic (exact) mass is 264 g/mol. The average molecular weight is 264 g/mol. The van der Waals surface area contributed by atoms with Crippen LogP contribution in [0.4, 0.5) is 8.78 Å². The summed E-state index contributed by atoms with van der Waals surface area (Å²) in [6, 6.07) is 4.81. The smallest absolute Gasteiger partial charge is 0.245 e. The molecule has 0 aromatic heterocycles. The Morgan fingerprint density at radius 1 is 1.47 bits per heavy atom. The van der Waals surface area contributed by atoms with Gasteiger partial charge in [-0.25, -0.2) is 8.78 Å². The third kappa shape index (κ3) is 4.51. The Hall–Kier alpha value is -2.22. The lowest BCUT2D eigenvalue weighted by molar-refractivity contribution is -0.116. The third-order valence-electron chi connectivity index (χ3n) is 2.45. The molecular formula is C14H14F2N2O. The van der Waals surface area contributed by atoms with Crippen LogP contribution >= 0.6 is 0 Å². The van der Waals surface area contributed by atoms with Gasteiger partial charge in [0.15, 0.2) is 0 Å². The second-order valence-electron chi connectivity index (χ2n) is 3.95. The van der Waals surface area contributed by atoms with Crippen molar-refractivity contribution in [1.82, 2.24) is 5.32 Å². The fourth-order valence-electron chi connectivity index (χ4n) is 1.51. The Bertz CT molecular complexity index is 500. The minimum atomic E-state index is -0.741. The second kappa shape index (κ2) is 7.27. The molecule has 1 unspecified atom stereocenters. The normalized spacial score (nSPS) is 12.1. The van der Waals surface area contributed by atoms with Crippen LogP contribution in [0, 0.1) is 23.0 Å². The number of carbonyl (C=O) groups is 1. The summed E-state index contributed by atoms with van der Waals surface area (Å²) in [5, 5.41) is 11.2. The lowest BCUT2D eigenvalue weighted by Gasteiger charge is -2.07. The first kappa shape index (κ1) is 14.8. The van der Waals surface area contributed by atoms with Crippen LogP contribution in [-0.2, 0) is 4.79 Å². The van der Waals surface area contributed by atoms with Crippen LogP contribution in [0.3, 0.4) is 0 Å². The second-order valence-corrected chi connectivity index (χ2v) is 3.95. The molecule has 1 amide bonds. The van der Waals surface area contributed by atoms with Gasteiger partial charge in [0.25, 0.3) is 0 Å². The van der Waals surface area contributed by atoms with E-state index in [0.29, 0.717) is 6.42 Å². The summed E-state index contributed by atoms with van der Waals surface area (Å²) in [5.41, 5.74) is -0.276. The van der Waals surface area contributed by atoms with E-state index in [1.165, 1.54) is 6.07 Å². The molecule has 19 heavy (non-hydrogen) atoms. The highest BCUT2D eigenvalue weighted by Crippen LogP contribution is 2.13. The molecule has 5 heteroatoms. The summed E-state index contributed by atoms with van der Waals surface area (Å²) in [6.45, 7) is 1.89. The number of carbonyl (C=O) groups excluding carboxylic acids is 1. The van der Waals surface area contributed by atoms with Crippen molar-refractivity contribution < 1.29 is 13.6 Å². The molecule has 0 heterocycles. The van der Waals surface area contributed by atoms with Crippen molar-refractivity contribution in [3.8, 4) is 6.07 Å². The van der Waals surface area contributed by atoms with Gasteiger partial charge in [-0.05, 0) is 24.6 Å². The zero-order valence-corrected chi connectivity index (χ0v) is 10.5. The first-order chi connectivity index (χ1) is 9.08. The van der Waals surface area contributed by atoms with Crippen molar-refractivity contribution in [2.75, 3.05) is 0 Å². The largest absolute Gasteiger partial charge is 0.337 e. The number of rotatable bonds is 5. The van der Waals surface area contributed by atoms with Crippen LogP contribution in [0.1, 0.15) is 25.3 Å². The highest BCUT2D eigenvalue weighted by atomic mass is 19.1. The lowest BCUT2D eigenvalue weighted by atomic mass is 10.1. The van der Waals surface area contributed by atoms with E-state index in [0.717, 1.165) is 30.7 Å². The number of hydrogen-bond donors (Lipinski definition) is 1. The Morgan fingerprint density at radius 2 is 2.11 bits per heavy atom. The first-order valence-electron chi connectivity index (χ1n) is 5.90. The maximum atomic E-state index is 13.3. The van der Waals surface area contributed by atoms with E-state index in [1.54, 1.807) is 0 Å². The molecule has 1 N–H and O–H groups in total. The molecule has 0 saturated heterocycles. The van der Waals surface area contributed by atoms with E-state index < -0.39 is 23.6 Å². The Morgan fingerprint density at radius 3 is 2.63 bits per heavy atom. The Labute approximate surface area is 110 Å². The predicted molar refractivity (Wildman–Crippen MR) is 67.8 cm³/mol. The van der Waals surface area contributed by atoms with Crippen molar-refractivity contribution in [1.29, 1.82) is 5.26 Å². The van der Waals surface area contributed by atoms with Gasteiger partial charge >= 0.3 is 0 Å². The van der Waals surface area contributed by atoms with Crippen molar-refractivity contribution in [2.45, 2.75) is 25.8 Å². The predicted octanol–water partition coefficient (Wildman–Crippen LogP) is 2.79. The molecular weight excluding hydrogens is 250 g/mol. The molecule has 1 aromatic carbocycles. The minimum Gasteiger partial charge on any atom is -0.337 e. The summed E-state index contributed by atoms with van der Waals surface area (Å²) in [4.78, 5) is 11.5. The quantitative estimate of drug-likeness (QED) is 0.831. The van der Waals surface area contributed by atoms with Crippen LogP contribution < -0.4 is 5.32 Å². The SMILES string of the molecule is CCCC(C#N)NC(=O)/C=C/c1c(F)cccc1F. The zero-order valence-electron chi connectivity index (χ0n) is 10.5. The number of amides is 1. The molecule has 3 nitrogen and oxygen atoms in total. The van der Waals surface area contributed by atoms with Crippen molar-refractivity contribution in [3.05, 3.63) is 41.5 Å². The fourth-order valence-corrected chi connectivity index (χ4v) is 1.51. The van der Waals surface area contributed by atoms with Crippen LogP contribution in [0.25, 0.3) is 6.08 Å². The number of hydrogen-bond acceptors (Lipinski definition) is 2. The number of nitrogens with zero attached hydrogens (tertiary/aromatic N) is 1. The van der Waals surface area contributed by atoms with Crippen molar-refractivity contribution in [2.24, 2.45) is 0 Å². The molecule has 0 aliphatic carbocycles. The van der Waals surface area contributed by atoms with Crippen molar-refractivity contribution in [3.63, 3.8) is 0 Å². The fraction of sp³-hybridized carbons (Fsp3) is 0.286. The van der Waals surface area contributed by atoms with Gasteiger partial charge in [0.1, 0.15) is 17.7 Å². The molecule has 0 saturated carbocycles. The summed E-state index contributed by atoms with van der Waals surface area (Å²) in [7, 11) is 0. The molecule has 100 valence electrons. The molecule has 1 atom stereocenters. The topological polar surface area (TPSA) is 52.9 Å². The molecule has 0 bridgehead atoms. The van der Waals surface area contributed by atoms with Gasteiger partial charge in [-0.1, -0.05) is 19.4 Å². The van der Waals surface area contributed by atoms with Crippen LogP contribution in [-0.4, -0.2) is 11.9 Å². The average Bonchev–Trinajstić information content (AvgIpc) is 2.37. The molecule has 1 rings (SSSR count). The molecule has 1 aromatic rings. The highest BCUT2D eigenvalue weighted by molar-refractivity contribution is 5.92. The van der Waals surface area contributed by atoms with Crippen molar-refractivity contribution >= 4 is 12.0 Å². The van der Waals surface area contributed by atoms with Gasteiger partial charge in [0.05, 0.1) is 6.07 Å². The van der Waals surface area contributed by atoms with Gasteiger partial charge in [0, 0.05) is 11.6 Å². The molecule has 0 fully saturated rings. The summed E-state index contributed by atoms with van der Waals surface area (Å²) in [5.74, 6) is -2.04. The minimum absolute atomic E-state index is 0.276. The molecule has 0 aliphatic rings. The highest BCUT2D eigenvalue weighted by Gasteiger charge is 2.09. The van der Waals surface area contributed by atoms with E-state index in [9.17, 15) is 13.6 Å². The van der Waals surface area contributed by atoms with Crippen LogP contribution in [0.5, 0.6) is 0 Å². The Balaban J connectivity index is 2.71. The van der Waals surface area contributed by atoms with Crippen LogP contribution in [0.2, 0.25) is 0 Å². The van der Waals surface area contributed by atoms with E-state index >= 15 is 0 Å². The maximum absolute atomic E-state index is 13.3. The van der Waals surface area contributed by atoms with E-state index in [-0.39, 0.29) is 5.56 Å². The van der Waals surface area contributed by atoms with Gasteiger partial charge in [-0.2, -0.15) is 5.26 Å². The van der Waals surface area contributed by atoms with Gasteiger partial charge < -0.3 is 5.32 Å². The van der Waals surface area contributed by atoms with E-state index in [1.807, 2.05) is 13.0 Å². The summed E-state index contributed by atoms with van der Waals surface area (Å²) < 4.78 is 26.6. The molecule has 0 radical (unpaired) electrons. The van der Waals surface area contributed by atoms with Crippen LogP contribution in [0.15, 0.2) is 24.3 Å². The van der Waals surface area contributed by atoms with Gasteiger partial charge in [0.2, 0.25) is 5.91 Å². The first-order valence-corrected chi connectivity index (χ1v) is 5.90. The number of nitrogens with one attached hydrogen (secondary N) is 1. The third-order valence-corrected chi connectivity index (χ3v) is 2.45. The van der Waals surface area contributed by atoms with E-state index in [2.05, 4.69) is 5.32 Å². The van der Waals surface area contributed by atoms with E-state index in [4.69, 9.17) is 5.26 Å². The van der Waals surface area contributed by atoms with Gasteiger partial charge in [-0.3, -0.25) is 4.79 Å². The van der Waals surface area contributed by atoms with Gasteiger partial charge in [-0.15, -0.1) is 0 Å². The summed E-state index contributed by atoms with van der Waals surface area (Å²) >= 11 is 0. The lowest BCUT2D eigenvalue weighted by Crippen LogP contribution is -2.32. The number of nitriles is 1. The molecule has 0 aliphatic heterocycles. The zero-order chi connectivity index (χ0) is 14.3. The number of halogens is 2. The Kier molecular flexibility index (Phi) is 5.68.